The molecule has 0 heterocycles. The van der Waals surface area contributed by atoms with Gasteiger partial charge in [0.1, 0.15) is 0 Å². The summed E-state index contributed by atoms with van der Waals surface area (Å²) >= 11 is 0. The zero-order valence-corrected chi connectivity index (χ0v) is 31.2. The van der Waals surface area contributed by atoms with Crippen LogP contribution in [0.25, 0.3) is 0 Å². The minimum absolute atomic E-state index is 0. The van der Waals surface area contributed by atoms with Gasteiger partial charge in [-0.1, -0.05) is 179 Å². The van der Waals surface area contributed by atoms with Crippen molar-refractivity contribution in [1.29, 1.82) is 0 Å². The summed E-state index contributed by atoms with van der Waals surface area (Å²) < 4.78 is 0. The largest absolute Gasteiger partial charge is 0.309 e. The van der Waals surface area contributed by atoms with E-state index in [2.05, 4.69) is 57.1 Å². The Morgan fingerprint density at radius 1 is 0.372 bits per heavy atom. The molecular weight excluding hydrogens is 542 g/mol. The molecule has 258 valence electrons. The third-order valence-electron chi connectivity index (χ3n) is 9.23. The zero-order valence-electron chi connectivity index (χ0n) is 30.4. The van der Waals surface area contributed by atoms with E-state index in [1.165, 1.54) is 206 Å². The molecule has 0 aliphatic carbocycles. The molecular formula is C41H82ClN. The molecule has 1 nitrogen and oxygen atoms in total. The number of hydrogen-bond acceptors (Lipinski definition) is 1. The van der Waals surface area contributed by atoms with Gasteiger partial charge in [-0.2, -0.15) is 0 Å². The average molecular weight is 625 g/mol. The second-order valence-corrected chi connectivity index (χ2v) is 13.9. The van der Waals surface area contributed by atoms with Gasteiger partial charge in [0, 0.05) is 0 Å². The summed E-state index contributed by atoms with van der Waals surface area (Å²) in [7, 11) is 4.48. The van der Waals surface area contributed by atoms with Gasteiger partial charge in [0.25, 0.3) is 0 Å². The van der Waals surface area contributed by atoms with E-state index in [0.717, 1.165) is 5.92 Å². The molecule has 0 aliphatic heterocycles. The van der Waals surface area contributed by atoms with Crippen molar-refractivity contribution in [2.45, 2.75) is 213 Å². The molecule has 2 heteroatoms. The normalized spacial score (nSPS) is 12.0. The van der Waals surface area contributed by atoms with Crippen molar-refractivity contribution in [3.8, 4) is 0 Å². The van der Waals surface area contributed by atoms with Crippen molar-refractivity contribution in [3.05, 3.63) is 24.3 Å². The van der Waals surface area contributed by atoms with E-state index in [1.54, 1.807) is 0 Å². The monoisotopic (exact) mass is 624 g/mol. The molecule has 0 fully saturated rings. The van der Waals surface area contributed by atoms with Gasteiger partial charge in [0.15, 0.2) is 0 Å². The fourth-order valence-corrected chi connectivity index (χ4v) is 6.23. The van der Waals surface area contributed by atoms with Crippen LogP contribution in [0, 0.1) is 5.92 Å². The lowest BCUT2D eigenvalue weighted by Gasteiger charge is -2.19. The fourth-order valence-electron chi connectivity index (χ4n) is 6.23. The number of nitrogens with zero attached hydrogens (tertiary/aromatic N) is 1. The first kappa shape index (κ1) is 44.9. The lowest BCUT2D eigenvalue weighted by molar-refractivity contribution is 0.314. The van der Waals surface area contributed by atoms with Crippen LogP contribution in [-0.4, -0.2) is 25.5 Å². The average Bonchev–Trinajstić information content (AvgIpc) is 2.98. The maximum absolute atomic E-state index is 2.46. The lowest BCUT2D eigenvalue weighted by atomic mass is 9.91. The molecule has 0 aromatic rings. The Hall–Kier alpha value is -0.270. The van der Waals surface area contributed by atoms with Gasteiger partial charge in [-0.15, -0.1) is 12.4 Å². The minimum atomic E-state index is 0. The Kier molecular flexibility index (Phi) is 41.5. The lowest BCUT2D eigenvalue weighted by Crippen LogP contribution is -2.17. The van der Waals surface area contributed by atoms with E-state index in [-0.39, 0.29) is 12.4 Å². The topological polar surface area (TPSA) is 3.24 Å². The summed E-state index contributed by atoms with van der Waals surface area (Å²) in [6, 6.07) is 0. The van der Waals surface area contributed by atoms with Gasteiger partial charge >= 0.3 is 0 Å². The maximum atomic E-state index is 2.46. The van der Waals surface area contributed by atoms with Crippen LogP contribution in [0.2, 0.25) is 0 Å². The molecule has 0 spiro atoms. The molecule has 0 bridgehead atoms. The van der Waals surface area contributed by atoms with Crippen LogP contribution in [0.15, 0.2) is 24.3 Å². The first-order valence-corrected chi connectivity index (χ1v) is 19.6. The van der Waals surface area contributed by atoms with Crippen molar-refractivity contribution in [3.63, 3.8) is 0 Å². The molecule has 0 aromatic heterocycles. The van der Waals surface area contributed by atoms with Crippen molar-refractivity contribution in [1.82, 2.24) is 4.90 Å². The van der Waals surface area contributed by atoms with Crippen LogP contribution in [0.1, 0.15) is 213 Å². The number of halogens is 1. The van der Waals surface area contributed by atoms with Crippen LogP contribution < -0.4 is 0 Å². The van der Waals surface area contributed by atoms with Crippen molar-refractivity contribution >= 4 is 12.4 Å². The summed E-state index contributed by atoms with van der Waals surface area (Å²) in [5.74, 6) is 0.959. The van der Waals surface area contributed by atoms with Crippen LogP contribution in [0.4, 0.5) is 0 Å². The number of allylic oxidation sites excluding steroid dienone is 4. The number of rotatable bonds is 35. The molecule has 0 N–H and O–H groups in total. The molecule has 0 radical (unpaired) electrons. The van der Waals surface area contributed by atoms with E-state index in [9.17, 15) is 0 Å². The SMILES string of the molecule is CCCCCCCC/C=C\CCCCCCCCC(CCCCCCCC/C=C\CCCCCCCC)CCN(C)C.Cl. The van der Waals surface area contributed by atoms with E-state index in [0.29, 0.717) is 0 Å². The van der Waals surface area contributed by atoms with E-state index in [1.807, 2.05) is 0 Å². The van der Waals surface area contributed by atoms with Crippen molar-refractivity contribution < 1.29 is 0 Å². The van der Waals surface area contributed by atoms with Gasteiger partial charge in [-0.3, -0.25) is 0 Å². The second kappa shape index (κ2) is 39.8. The van der Waals surface area contributed by atoms with Gasteiger partial charge in [0.05, 0.1) is 0 Å². The molecule has 0 atom stereocenters. The quantitative estimate of drug-likeness (QED) is 0.0501. The minimum Gasteiger partial charge on any atom is -0.309 e. The summed E-state index contributed by atoms with van der Waals surface area (Å²) in [5.41, 5.74) is 0. The van der Waals surface area contributed by atoms with Gasteiger partial charge in [-0.25, -0.2) is 0 Å². The Morgan fingerprint density at radius 3 is 0.953 bits per heavy atom. The van der Waals surface area contributed by atoms with E-state index < -0.39 is 0 Å². The predicted octanol–water partition coefficient (Wildman–Crippen LogP) is 14.8. The fraction of sp³-hybridized carbons (Fsp3) is 0.902. The highest BCUT2D eigenvalue weighted by atomic mass is 35.5. The molecule has 0 rings (SSSR count). The third kappa shape index (κ3) is 39.7. The first-order chi connectivity index (χ1) is 20.7. The molecule has 0 aliphatic rings. The van der Waals surface area contributed by atoms with Crippen LogP contribution in [0.3, 0.4) is 0 Å². The van der Waals surface area contributed by atoms with E-state index >= 15 is 0 Å². The zero-order chi connectivity index (χ0) is 30.6. The van der Waals surface area contributed by atoms with Crippen LogP contribution in [-0.2, 0) is 0 Å². The summed E-state index contributed by atoms with van der Waals surface area (Å²) in [5, 5.41) is 0. The molecule has 0 saturated heterocycles. The Morgan fingerprint density at radius 2 is 0.651 bits per heavy atom. The predicted molar refractivity (Wildman–Crippen MR) is 202 cm³/mol. The van der Waals surface area contributed by atoms with Crippen molar-refractivity contribution in [2.75, 3.05) is 20.6 Å². The second-order valence-electron chi connectivity index (χ2n) is 13.9. The van der Waals surface area contributed by atoms with Crippen LogP contribution >= 0.6 is 12.4 Å². The first-order valence-electron chi connectivity index (χ1n) is 19.6. The van der Waals surface area contributed by atoms with Gasteiger partial charge in [-0.05, 0) is 84.3 Å². The highest BCUT2D eigenvalue weighted by Gasteiger charge is 2.09. The number of hydrogen-bond donors (Lipinski definition) is 0. The van der Waals surface area contributed by atoms with E-state index in [4.69, 9.17) is 0 Å². The van der Waals surface area contributed by atoms with Gasteiger partial charge in [0.2, 0.25) is 0 Å². The summed E-state index contributed by atoms with van der Waals surface area (Å²) in [6.07, 6.45) is 53.6. The maximum Gasteiger partial charge on any atom is -0.00222 e. The standard InChI is InChI=1S/C41H81N.ClH/c1-5-7-9-11-13-15-17-19-21-23-25-27-29-31-33-35-37-41(39-40-42(3)4)38-36-34-32-30-28-26-24-22-20-18-16-14-12-10-8-6-2;/h19-22,41H,5-18,23-40H2,1-4H3;1H/b21-19-,22-20-;. The van der Waals surface area contributed by atoms with Crippen LogP contribution in [0.5, 0.6) is 0 Å². The van der Waals surface area contributed by atoms with Crippen molar-refractivity contribution in [2.24, 2.45) is 5.92 Å². The summed E-state index contributed by atoms with van der Waals surface area (Å²) in [6.45, 7) is 5.87. The molecule has 43 heavy (non-hydrogen) atoms. The Bertz CT molecular complexity index is 498. The smallest absolute Gasteiger partial charge is 0.00222 e. The molecule has 0 aromatic carbocycles. The van der Waals surface area contributed by atoms with Gasteiger partial charge < -0.3 is 4.90 Å². The summed E-state index contributed by atoms with van der Waals surface area (Å²) in [4.78, 5) is 2.39. The number of unbranched alkanes of at least 4 members (excludes halogenated alkanes) is 24. The third-order valence-corrected chi connectivity index (χ3v) is 9.23. The highest BCUT2D eigenvalue weighted by molar-refractivity contribution is 5.85. The molecule has 0 unspecified atom stereocenters. The Balaban J connectivity index is 0. The molecule has 0 saturated carbocycles. The highest BCUT2D eigenvalue weighted by Crippen LogP contribution is 2.22. The molecule has 0 amide bonds. The Labute approximate surface area is 280 Å².